The van der Waals surface area contributed by atoms with Gasteiger partial charge in [0.1, 0.15) is 5.75 Å². The van der Waals surface area contributed by atoms with Crippen LogP contribution in [0.1, 0.15) is 11.8 Å². The molecule has 0 aliphatic carbocycles. The van der Waals surface area contributed by atoms with Gasteiger partial charge in [0.15, 0.2) is 6.23 Å². The van der Waals surface area contributed by atoms with Crippen LogP contribution in [0, 0.1) is 0 Å². The summed E-state index contributed by atoms with van der Waals surface area (Å²) in [6.07, 6.45) is 4.17. The lowest BCUT2D eigenvalue weighted by atomic mass is 10.2. The Balaban J connectivity index is 1.60. The SMILES string of the molecule is COc1ccc(N2CCO[C@@H]2c2ccn(-c3ccccc3)c2)cc1. The monoisotopic (exact) mass is 320 g/mol. The number of aromatic nitrogens is 1. The molecule has 1 aliphatic rings. The number of benzene rings is 2. The third-order valence-electron chi connectivity index (χ3n) is 4.35. The van der Waals surface area contributed by atoms with Crippen LogP contribution in [-0.4, -0.2) is 24.8 Å². The molecule has 24 heavy (non-hydrogen) atoms. The largest absolute Gasteiger partial charge is 0.497 e. The van der Waals surface area contributed by atoms with Crippen molar-refractivity contribution in [2.24, 2.45) is 0 Å². The highest BCUT2D eigenvalue weighted by atomic mass is 16.5. The van der Waals surface area contributed by atoms with E-state index in [1.54, 1.807) is 7.11 Å². The maximum absolute atomic E-state index is 5.99. The Kier molecular flexibility index (Phi) is 3.97. The van der Waals surface area contributed by atoms with Gasteiger partial charge in [-0.15, -0.1) is 0 Å². The number of ether oxygens (including phenoxy) is 2. The van der Waals surface area contributed by atoms with Gasteiger partial charge in [-0.25, -0.2) is 0 Å². The molecule has 1 saturated heterocycles. The fraction of sp³-hybridized carbons (Fsp3) is 0.200. The summed E-state index contributed by atoms with van der Waals surface area (Å²) in [5.41, 5.74) is 3.45. The molecule has 0 spiro atoms. The van der Waals surface area contributed by atoms with Crippen molar-refractivity contribution in [2.45, 2.75) is 6.23 Å². The molecule has 1 fully saturated rings. The van der Waals surface area contributed by atoms with Crippen LogP contribution in [-0.2, 0) is 4.74 Å². The first-order valence-corrected chi connectivity index (χ1v) is 8.11. The molecule has 0 amide bonds. The van der Waals surface area contributed by atoms with Crippen molar-refractivity contribution in [3.8, 4) is 11.4 Å². The van der Waals surface area contributed by atoms with Gasteiger partial charge in [-0.1, -0.05) is 18.2 Å². The van der Waals surface area contributed by atoms with Crippen LogP contribution in [0.15, 0.2) is 73.1 Å². The Morgan fingerprint density at radius 3 is 2.50 bits per heavy atom. The summed E-state index contributed by atoms with van der Waals surface area (Å²) in [5.74, 6) is 0.866. The Morgan fingerprint density at radius 2 is 1.75 bits per heavy atom. The normalized spacial score (nSPS) is 17.2. The first-order chi connectivity index (χ1) is 11.8. The van der Waals surface area contributed by atoms with Crippen LogP contribution in [0.25, 0.3) is 5.69 Å². The molecule has 4 nitrogen and oxygen atoms in total. The zero-order chi connectivity index (χ0) is 16.4. The van der Waals surface area contributed by atoms with Gasteiger partial charge >= 0.3 is 0 Å². The molecule has 122 valence electrons. The zero-order valence-corrected chi connectivity index (χ0v) is 13.6. The number of hydrogen-bond donors (Lipinski definition) is 0. The van der Waals surface area contributed by atoms with Gasteiger partial charge < -0.3 is 18.9 Å². The van der Waals surface area contributed by atoms with E-state index in [0.29, 0.717) is 0 Å². The molecule has 0 saturated carbocycles. The van der Waals surface area contributed by atoms with Gasteiger partial charge in [-0.3, -0.25) is 0 Å². The molecular formula is C20H20N2O2. The summed E-state index contributed by atoms with van der Waals surface area (Å²) >= 11 is 0. The fourth-order valence-electron chi connectivity index (χ4n) is 3.10. The molecule has 0 bridgehead atoms. The highest BCUT2D eigenvalue weighted by molar-refractivity contribution is 5.51. The van der Waals surface area contributed by atoms with Crippen LogP contribution < -0.4 is 9.64 Å². The highest BCUT2D eigenvalue weighted by Gasteiger charge is 2.27. The van der Waals surface area contributed by atoms with E-state index in [-0.39, 0.29) is 6.23 Å². The molecule has 1 aliphatic heterocycles. The van der Waals surface area contributed by atoms with Gasteiger partial charge in [0.2, 0.25) is 0 Å². The number of para-hydroxylation sites is 1. The summed E-state index contributed by atoms with van der Waals surface area (Å²) in [5, 5.41) is 0. The van der Waals surface area contributed by atoms with Crippen molar-refractivity contribution in [1.82, 2.24) is 4.57 Å². The van der Waals surface area contributed by atoms with Crippen LogP contribution in [0.2, 0.25) is 0 Å². The van der Waals surface area contributed by atoms with E-state index >= 15 is 0 Å². The third kappa shape index (κ3) is 2.76. The van der Waals surface area contributed by atoms with E-state index in [1.165, 1.54) is 0 Å². The lowest BCUT2D eigenvalue weighted by molar-refractivity contribution is 0.114. The van der Waals surface area contributed by atoms with E-state index < -0.39 is 0 Å². The van der Waals surface area contributed by atoms with Crippen LogP contribution >= 0.6 is 0 Å². The smallest absolute Gasteiger partial charge is 0.158 e. The Bertz CT molecular complexity index is 796. The molecule has 1 atom stereocenters. The Hall–Kier alpha value is -2.72. The molecule has 3 aromatic rings. The van der Waals surface area contributed by atoms with Crippen molar-refractivity contribution in [3.05, 3.63) is 78.6 Å². The number of hydrogen-bond acceptors (Lipinski definition) is 3. The molecule has 2 aromatic carbocycles. The number of anilines is 1. The minimum absolute atomic E-state index is 0.0524. The molecule has 2 heterocycles. The maximum Gasteiger partial charge on any atom is 0.158 e. The molecule has 0 N–H and O–H groups in total. The standard InChI is InChI=1S/C20H20N2O2/c1-23-19-9-7-18(8-10-19)22-13-14-24-20(22)16-11-12-21(15-16)17-5-3-2-4-6-17/h2-12,15,20H,13-14H2,1H3/t20-/m1/s1. The van der Waals surface area contributed by atoms with E-state index in [0.717, 1.165) is 35.8 Å². The lowest BCUT2D eigenvalue weighted by Crippen LogP contribution is -2.22. The summed E-state index contributed by atoms with van der Waals surface area (Å²) in [6.45, 7) is 1.61. The minimum Gasteiger partial charge on any atom is -0.497 e. The quantitative estimate of drug-likeness (QED) is 0.726. The van der Waals surface area contributed by atoms with Gasteiger partial charge in [0.05, 0.1) is 13.7 Å². The molecule has 0 unspecified atom stereocenters. The van der Waals surface area contributed by atoms with Crippen molar-refractivity contribution >= 4 is 5.69 Å². The van der Waals surface area contributed by atoms with Crippen molar-refractivity contribution in [2.75, 3.05) is 25.2 Å². The zero-order valence-electron chi connectivity index (χ0n) is 13.6. The number of rotatable bonds is 4. The molecular weight excluding hydrogens is 300 g/mol. The van der Waals surface area contributed by atoms with E-state index in [2.05, 4.69) is 52.2 Å². The van der Waals surface area contributed by atoms with Crippen LogP contribution in [0.3, 0.4) is 0 Å². The summed E-state index contributed by atoms with van der Waals surface area (Å²) < 4.78 is 13.4. The fourth-order valence-corrected chi connectivity index (χ4v) is 3.10. The first kappa shape index (κ1) is 14.8. The van der Waals surface area contributed by atoms with E-state index in [9.17, 15) is 0 Å². The van der Waals surface area contributed by atoms with E-state index in [1.807, 2.05) is 30.3 Å². The summed E-state index contributed by atoms with van der Waals surface area (Å²) in [7, 11) is 1.68. The second-order valence-corrected chi connectivity index (χ2v) is 5.80. The molecule has 4 rings (SSSR count). The average molecular weight is 320 g/mol. The van der Waals surface area contributed by atoms with Crippen molar-refractivity contribution in [1.29, 1.82) is 0 Å². The van der Waals surface area contributed by atoms with Crippen LogP contribution in [0.4, 0.5) is 5.69 Å². The van der Waals surface area contributed by atoms with Gasteiger partial charge in [-0.2, -0.15) is 0 Å². The Labute approximate surface area is 141 Å². The predicted octanol–water partition coefficient (Wildman–Crippen LogP) is 4.02. The molecule has 1 aromatic heterocycles. The predicted molar refractivity (Wildman–Crippen MR) is 94.8 cm³/mol. The van der Waals surface area contributed by atoms with Crippen molar-refractivity contribution < 1.29 is 9.47 Å². The highest BCUT2D eigenvalue weighted by Crippen LogP contribution is 2.33. The second kappa shape index (κ2) is 6.42. The van der Waals surface area contributed by atoms with Gasteiger partial charge in [0.25, 0.3) is 0 Å². The summed E-state index contributed by atoms with van der Waals surface area (Å²) in [6, 6.07) is 20.6. The maximum atomic E-state index is 5.99. The second-order valence-electron chi connectivity index (χ2n) is 5.80. The first-order valence-electron chi connectivity index (χ1n) is 8.11. The number of methoxy groups -OCH3 is 1. The lowest BCUT2D eigenvalue weighted by Gasteiger charge is -2.24. The van der Waals surface area contributed by atoms with Gasteiger partial charge in [0, 0.05) is 35.9 Å². The minimum atomic E-state index is -0.0524. The number of nitrogens with zero attached hydrogens (tertiary/aromatic N) is 2. The van der Waals surface area contributed by atoms with E-state index in [4.69, 9.17) is 9.47 Å². The topological polar surface area (TPSA) is 26.6 Å². The third-order valence-corrected chi connectivity index (χ3v) is 4.35. The van der Waals surface area contributed by atoms with Crippen LogP contribution in [0.5, 0.6) is 5.75 Å². The van der Waals surface area contributed by atoms with Crippen molar-refractivity contribution in [3.63, 3.8) is 0 Å². The molecule has 0 radical (unpaired) electrons. The average Bonchev–Trinajstić information content (AvgIpc) is 3.32. The Morgan fingerprint density at radius 1 is 0.958 bits per heavy atom. The molecule has 4 heteroatoms. The summed E-state index contributed by atoms with van der Waals surface area (Å²) in [4.78, 5) is 2.28. The van der Waals surface area contributed by atoms with Gasteiger partial charge in [-0.05, 0) is 42.5 Å².